The highest BCUT2D eigenvalue weighted by atomic mass is 15.3. The maximum atomic E-state index is 4.20. The summed E-state index contributed by atoms with van der Waals surface area (Å²) in [6, 6.07) is 4.78. The van der Waals surface area contributed by atoms with E-state index in [0.717, 1.165) is 25.9 Å². The molecule has 0 aromatic carbocycles. The highest BCUT2D eigenvalue weighted by Crippen LogP contribution is 2.17. The molecular formula is C15H24N4. The number of hydrogen-bond acceptors (Lipinski definition) is 2. The number of rotatable bonds is 7. The summed E-state index contributed by atoms with van der Waals surface area (Å²) in [4.78, 5) is 0. The van der Waals surface area contributed by atoms with Gasteiger partial charge in [0.2, 0.25) is 0 Å². The minimum absolute atomic E-state index is 0.475. The molecule has 0 aliphatic heterocycles. The normalized spacial score (nSPS) is 12.8. The Bertz CT molecular complexity index is 498. The zero-order valence-corrected chi connectivity index (χ0v) is 12.1. The molecule has 1 atom stereocenters. The smallest absolute Gasteiger partial charge is 0.0492 e. The van der Waals surface area contributed by atoms with Crippen LogP contribution in [-0.4, -0.2) is 20.9 Å². The molecule has 104 valence electrons. The lowest BCUT2D eigenvalue weighted by atomic mass is 10.1. The lowest BCUT2D eigenvalue weighted by Gasteiger charge is -2.14. The maximum Gasteiger partial charge on any atom is 0.0492 e. The van der Waals surface area contributed by atoms with E-state index in [-0.39, 0.29) is 0 Å². The zero-order chi connectivity index (χ0) is 13.7. The van der Waals surface area contributed by atoms with Crippen LogP contribution in [0.15, 0.2) is 30.7 Å². The van der Waals surface area contributed by atoms with Crippen molar-refractivity contribution in [2.24, 2.45) is 7.05 Å². The van der Waals surface area contributed by atoms with E-state index in [9.17, 15) is 0 Å². The van der Waals surface area contributed by atoms with E-state index in [1.807, 2.05) is 17.9 Å². The van der Waals surface area contributed by atoms with Gasteiger partial charge in [-0.05, 0) is 30.7 Å². The highest BCUT2D eigenvalue weighted by Gasteiger charge is 2.09. The van der Waals surface area contributed by atoms with E-state index in [1.165, 1.54) is 11.3 Å². The van der Waals surface area contributed by atoms with Crippen molar-refractivity contribution in [2.45, 2.75) is 39.3 Å². The summed E-state index contributed by atoms with van der Waals surface area (Å²) in [5.74, 6) is 0. The summed E-state index contributed by atoms with van der Waals surface area (Å²) in [6.45, 7) is 6.39. The predicted octanol–water partition coefficient (Wildman–Crippen LogP) is 2.52. The summed E-state index contributed by atoms with van der Waals surface area (Å²) in [7, 11) is 1.99. The summed E-state index contributed by atoms with van der Waals surface area (Å²) in [5, 5.41) is 7.71. The Kier molecular flexibility index (Phi) is 4.80. The van der Waals surface area contributed by atoms with Gasteiger partial charge in [-0.25, -0.2) is 0 Å². The van der Waals surface area contributed by atoms with Crippen molar-refractivity contribution in [2.75, 3.05) is 6.54 Å². The molecule has 0 amide bonds. The SMILES string of the molecule is CCNC(CC)c1ccn(CCc2ccnn2C)c1. The van der Waals surface area contributed by atoms with Crippen molar-refractivity contribution in [3.05, 3.63) is 42.0 Å². The fourth-order valence-electron chi connectivity index (χ4n) is 2.44. The minimum atomic E-state index is 0.475. The first kappa shape index (κ1) is 13.9. The van der Waals surface area contributed by atoms with E-state index in [2.05, 4.69) is 53.4 Å². The second-order valence-electron chi connectivity index (χ2n) is 4.90. The molecule has 0 saturated heterocycles. The third-order valence-electron chi connectivity index (χ3n) is 3.58. The summed E-state index contributed by atoms with van der Waals surface area (Å²) in [5.41, 5.74) is 2.66. The van der Waals surface area contributed by atoms with Crippen LogP contribution in [0.3, 0.4) is 0 Å². The van der Waals surface area contributed by atoms with Gasteiger partial charge in [0.25, 0.3) is 0 Å². The van der Waals surface area contributed by atoms with E-state index >= 15 is 0 Å². The standard InChI is InChI=1S/C15H24N4/c1-4-15(16-5-2)13-7-10-19(12-13)11-8-14-6-9-17-18(14)3/h6-7,9-10,12,15-16H,4-5,8,11H2,1-3H3. The Morgan fingerprint density at radius 1 is 1.32 bits per heavy atom. The fraction of sp³-hybridized carbons (Fsp3) is 0.533. The molecule has 2 aromatic rings. The molecule has 0 aliphatic rings. The molecule has 1 N–H and O–H groups in total. The van der Waals surface area contributed by atoms with Crippen LogP contribution in [0, 0.1) is 0 Å². The van der Waals surface area contributed by atoms with Gasteiger partial charge in [-0.3, -0.25) is 4.68 Å². The first-order chi connectivity index (χ1) is 9.24. The third kappa shape index (κ3) is 3.47. The first-order valence-electron chi connectivity index (χ1n) is 7.10. The lowest BCUT2D eigenvalue weighted by Crippen LogP contribution is -2.19. The van der Waals surface area contributed by atoms with Crippen molar-refractivity contribution in [1.29, 1.82) is 0 Å². The maximum absolute atomic E-state index is 4.20. The quantitative estimate of drug-likeness (QED) is 0.830. The average Bonchev–Trinajstić information content (AvgIpc) is 3.02. The van der Waals surface area contributed by atoms with Gasteiger partial charge in [-0.2, -0.15) is 5.10 Å². The monoisotopic (exact) mass is 260 g/mol. The summed E-state index contributed by atoms with van der Waals surface area (Å²) < 4.78 is 4.21. The van der Waals surface area contributed by atoms with Crippen LogP contribution in [0.25, 0.3) is 0 Å². The number of aromatic nitrogens is 3. The largest absolute Gasteiger partial charge is 0.354 e. The van der Waals surface area contributed by atoms with Gasteiger partial charge in [0.05, 0.1) is 0 Å². The molecule has 2 rings (SSSR count). The zero-order valence-electron chi connectivity index (χ0n) is 12.1. The number of nitrogens with one attached hydrogen (secondary N) is 1. The molecule has 0 spiro atoms. The highest BCUT2D eigenvalue weighted by molar-refractivity contribution is 5.15. The summed E-state index contributed by atoms with van der Waals surface area (Å²) in [6.07, 6.45) is 8.43. The van der Waals surface area contributed by atoms with Crippen molar-refractivity contribution in [3.63, 3.8) is 0 Å². The predicted molar refractivity (Wildman–Crippen MR) is 78.1 cm³/mol. The van der Waals surface area contributed by atoms with Crippen LogP contribution in [-0.2, 0) is 20.0 Å². The Morgan fingerprint density at radius 3 is 2.79 bits per heavy atom. The molecule has 2 aromatic heterocycles. The van der Waals surface area contributed by atoms with Crippen LogP contribution in [0.1, 0.15) is 37.6 Å². The Balaban J connectivity index is 1.95. The Morgan fingerprint density at radius 2 is 2.16 bits per heavy atom. The minimum Gasteiger partial charge on any atom is -0.354 e. The van der Waals surface area contributed by atoms with Gasteiger partial charge in [-0.15, -0.1) is 0 Å². The van der Waals surface area contributed by atoms with E-state index in [1.54, 1.807) is 0 Å². The van der Waals surface area contributed by atoms with Gasteiger partial charge >= 0.3 is 0 Å². The molecular weight excluding hydrogens is 236 g/mol. The third-order valence-corrected chi connectivity index (χ3v) is 3.58. The molecule has 0 saturated carbocycles. The summed E-state index contributed by atoms with van der Waals surface area (Å²) >= 11 is 0. The van der Waals surface area contributed by atoms with Crippen molar-refractivity contribution >= 4 is 0 Å². The molecule has 0 radical (unpaired) electrons. The molecule has 19 heavy (non-hydrogen) atoms. The van der Waals surface area contributed by atoms with Gasteiger partial charge in [0.1, 0.15) is 0 Å². The molecule has 4 nitrogen and oxygen atoms in total. The molecule has 0 fully saturated rings. The first-order valence-corrected chi connectivity index (χ1v) is 7.10. The number of aryl methyl sites for hydroxylation is 3. The lowest BCUT2D eigenvalue weighted by molar-refractivity contribution is 0.535. The van der Waals surface area contributed by atoms with Gasteiger partial charge in [0, 0.05) is 50.3 Å². The van der Waals surface area contributed by atoms with E-state index in [4.69, 9.17) is 0 Å². The van der Waals surface area contributed by atoms with Gasteiger partial charge in [0.15, 0.2) is 0 Å². The van der Waals surface area contributed by atoms with Gasteiger partial charge in [-0.1, -0.05) is 13.8 Å². The van der Waals surface area contributed by atoms with Gasteiger partial charge < -0.3 is 9.88 Å². The second-order valence-corrected chi connectivity index (χ2v) is 4.90. The molecule has 1 unspecified atom stereocenters. The fourth-order valence-corrected chi connectivity index (χ4v) is 2.44. The van der Waals surface area contributed by atoms with Crippen LogP contribution in [0.5, 0.6) is 0 Å². The number of hydrogen-bond donors (Lipinski definition) is 1. The molecule has 4 heteroatoms. The van der Waals surface area contributed by atoms with E-state index in [0.29, 0.717) is 6.04 Å². The second kappa shape index (κ2) is 6.57. The topological polar surface area (TPSA) is 34.8 Å². The Hall–Kier alpha value is -1.55. The van der Waals surface area contributed by atoms with Crippen molar-refractivity contribution in [3.8, 4) is 0 Å². The van der Waals surface area contributed by atoms with Crippen LogP contribution >= 0.6 is 0 Å². The van der Waals surface area contributed by atoms with Crippen molar-refractivity contribution in [1.82, 2.24) is 19.7 Å². The van der Waals surface area contributed by atoms with Crippen LogP contribution in [0.4, 0.5) is 0 Å². The van der Waals surface area contributed by atoms with Crippen LogP contribution < -0.4 is 5.32 Å². The molecule has 0 bridgehead atoms. The van der Waals surface area contributed by atoms with Crippen LogP contribution in [0.2, 0.25) is 0 Å². The average molecular weight is 260 g/mol. The van der Waals surface area contributed by atoms with Crippen molar-refractivity contribution < 1.29 is 0 Å². The molecule has 2 heterocycles. The number of nitrogens with zero attached hydrogens (tertiary/aromatic N) is 3. The Labute approximate surface area is 115 Å². The molecule has 0 aliphatic carbocycles. The van der Waals surface area contributed by atoms with E-state index < -0.39 is 0 Å².